The van der Waals surface area contributed by atoms with Crippen molar-refractivity contribution in [3.05, 3.63) is 70.8 Å². The summed E-state index contributed by atoms with van der Waals surface area (Å²) in [7, 11) is 0. The van der Waals surface area contributed by atoms with Gasteiger partial charge in [0.15, 0.2) is 0 Å². The topological polar surface area (TPSA) is 58.6 Å². The van der Waals surface area contributed by atoms with Gasteiger partial charge in [0.1, 0.15) is 12.4 Å². The predicted molar refractivity (Wildman–Crippen MR) is 103 cm³/mol. The van der Waals surface area contributed by atoms with Crippen molar-refractivity contribution in [1.29, 1.82) is 0 Å². The quantitative estimate of drug-likeness (QED) is 0.612. The van der Waals surface area contributed by atoms with Crippen molar-refractivity contribution in [2.24, 2.45) is 0 Å². The Hall–Kier alpha value is -1.59. The maximum atomic E-state index is 10.5. The van der Waals surface area contributed by atoms with Crippen LogP contribution in [0.5, 0.6) is 5.75 Å². The van der Waals surface area contributed by atoms with E-state index in [4.69, 9.17) is 9.47 Å². The second-order valence-electron chi connectivity index (χ2n) is 6.91. The van der Waals surface area contributed by atoms with Crippen LogP contribution in [0.15, 0.2) is 54.1 Å². The molecule has 0 fully saturated rings. The molecular formula is C23H25NaO4. The first-order valence-corrected chi connectivity index (χ1v) is 9.39. The smallest absolute Gasteiger partial charge is 0.550 e. The number of benzene rings is 2. The van der Waals surface area contributed by atoms with Crippen molar-refractivity contribution < 1.29 is 48.9 Å². The van der Waals surface area contributed by atoms with Gasteiger partial charge in [-0.2, -0.15) is 0 Å². The van der Waals surface area contributed by atoms with Crippen LogP contribution < -0.4 is 39.4 Å². The second kappa shape index (κ2) is 11.4. The fraction of sp³-hybridized carbons (Fsp3) is 0.348. The molecule has 2 aromatic rings. The molecule has 0 unspecified atom stereocenters. The van der Waals surface area contributed by atoms with E-state index < -0.39 is 5.97 Å². The van der Waals surface area contributed by atoms with Gasteiger partial charge in [0.2, 0.25) is 0 Å². The summed E-state index contributed by atoms with van der Waals surface area (Å²) in [5.74, 6) is -0.192. The van der Waals surface area contributed by atoms with Gasteiger partial charge >= 0.3 is 29.6 Å². The Morgan fingerprint density at radius 2 is 1.82 bits per heavy atom. The van der Waals surface area contributed by atoms with Crippen LogP contribution >= 0.6 is 0 Å². The third-order valence-corrected chi connectivity index (χ3v) is 4.78. The molecule has 5 heteroatoms. The van der Waals surface area contributed by atoms with E-state index in [9.17, 15) is 9.90 Å². The summed E-state index contributed by atoms with van der Waals surface area (Å²) in [5, 5.41) is 10.5. The first kappa shape index (κ1) is 22.7. The van der Waals surface area contributed by atoms with E-state index >= 15 is 0 Å². The van der Waals surface area contributed by atoms with Crippen LogP contribution in [-0.4, -0.2) is 25.8 Å². The normalized spacial score (nSPS) is 13.8. The summed E-state index contributed by atoms with van der Waals surface area (Å²) in [4.78, 5) is 10.5. The fourth-order valence-corrected chi connectivity index (χ4v) is 3.23. The zero-order chi connectivity index (χ0) is 19.1. The van der Waals surface area contributed by atoms with Crippen molar-refractivity contribution >= 4 is 11.5 Å². The van der Waals surface area contributed by atoms with E-state index in [2.05, 4.69) is 31.2 Å². The molecule has 142 valence electrons. The van der Waals surface area contributed by atoms with Gasteiger partial charge in [-0.05, 0) is 67.0 Å². The standard InChI is InChI=1S/C23H26O4.Na/c1-17-5-9-19(10-6-17)22-13-14-26-15-20(22)16-27-21-11-7-18(8-12-21)3-2-4-23(24)25;/h5-12H,2-4,13-16H2,1H3,(H,24,25);/q;+1/p-1. The zero-order valence-electron chi connectivity index (χ0n) is 16.7. The molecule has 0 N–H and O–H groups in total. The number of carboxylic acids is 1. The molecule has 3 rings (SSSR count). The number of carboxylic acid groups (broad SMARTS) is 1. The number of hydrogen-bond donors (Lipinski definition) is 0. The first-order valence-electron chi connectivity index (χ1n) is 9.39. The molecule has 0 saturated carbocycles. The van der Waals surface area contributed by atoms with Crippen molar-refractivity contribution in [1.82, 2.24) is 0 Å². The van der Waals surface area contributed by atoms with Gasteiger partial charge < -0.3 is 19.4 Å². The summed E-state index contributed by atoms with van der Waals surface area (Å²) < 4.78 is 11.6. The molecule has 4 nitrogen and oxygen atoms in total. The Labute approximate surface area is 188 Å². The molecule has 0 saturated heterocycles. The number of rotatable bonds is 8. The van der Waals surface area contributed by atoms with Crippen LogP contribution in [0.1, 0.15) is 36.0 Å². The molecule has 2 aromatic carbocycles. The molecule has 1 aliphatic rings. The number of aryl methyl sites for hydroxylation is 2. The molecule has 28 heavy (non-hydrogen) atoms. The van der Waals surface area contributed by atoms with Crippen molar-refractivity contribution in [2.75, 3.05) is 19.8 Å². The summed E-state index contributed by atoms with van der Waals surface area (Å²) >= 11 is 0. The van der Waals surface area contributed by atoms with Gasteiger partial charge in [0, 0.05) is 5.97 Å². The van der Waals surface area contributed by atoms with Gasteiger partial charge in [0.25, 0.3) is 0 Å². The van der Waals surface area contributed by atoms with Crippen LogP contribution in [0.25, 0.3) is 5.57 Å². The molecule has 0 atom stereocenters. The van der Waals surface area contributed by atoms with E-state index in [0.29, 0.717) is 19.6 Å². The molecule has 1 heterocycles. The van der Waals surface area contributed by atoms with Gasteiger partial charge in [-0.25, -0.2) is 0 Å². The van der Waals surface area contributed by atoms with E-state index in [1.54, 1.807) is 0 Å². The number of carbonyl (C=O) groups is 1. The van der Waals surface area contributed by atoms with Gasteiger partial charge in [-0.1, -0.05) is 42.0 Å². The van der Waals surface area contributed by atoms with E-state index in [0.717, 1.165) is 30.8 Å². The molecule has 0 spiro atoms. The van der Waals surface area contributed by atoms with Crippen molar-refractivity contribution in [3.63, 3.8) is 0 Å². The molecular weight excluding hydrogens is 363 g/mol. The van der Waals surface area contributed by atoms with Crippen LogP contribution in [0.3, 0.4) is 0 Å². The summed E-state index contributed by atoms with van der Waals surface area (Å²) in [6.45, 7) is 3.94. The molecule has 0 radical (unpaired) electrons. The van der Waals surface area contributed by atoms with Crippen LogP contribution in [-0.2, 0) is 16.0 Å². The monoisotopic (exact) mass is 388 g/mol. The largest absolute Gasteiger partial charge is 1.00 e. The Morgan fingerprint density at radius 3 is 2.50 bits per heavy atom. The Bertz CT molecular complexity index is 794. The first-order chi connectivity index (χ1) is 13.1. The van der Waals surface area contributed by atoms with E-state index in [1.165, 1.54) is 22.3 Å². The van der Waals surface area contributed by atoms with Gasteiger partial charge in [-0.3, -0.25) is 0 Å². The number of carbonyl (C=O) groups excluding carboxylic acids is 1. The average molecular weight is 388 g/mol. The number of hydrogen-bond acceptors (Lipinski definition) is 4. The molecule has 1 aliphatic heterocycles. The van der Waals surface area contributed by atoms with Gasteiger partial charge in [-0.15, -0.1) is 0 Å². The molecule has 0 bridgehead atoms. The summed E-state index contributed by atoms with van der Waals surface area (Å²) in [6.07, 6.45) is 2.31. The van der Waals surface area contributed by atoms with E-state index in [-0.39, 0.29) is 36.0 Å². The summed E-state index contributed by atoms with van der Waals surface area (Å²) in [5.41, 5.74) is 6.10. The van der Waals surface area contributed by atoms with Crippen LogP contribution in [0.2, 0.25) is 0 Å². The average Bonchev–Trinajstić information content (AvgIpc) is 2.68. The minimum atomic E-state index is -0.998. The Kier molecular flexibility index (Phi) is 9.26. The second-order valence-corrected chi connectivity index (χ2v) is 6.91. The number of ether oxygens (including phenoxy) is 2. The third-order valence-electron chi connectivity index (χ3n) is 4.78. The zero-order valence-corrected chi connectivity index (χ0v) is 18.7. The molecule has 0 aliphatic carbocycles. The SMILES string of the molecule is Cc1ccc(C2=C(COc3ccc(CCCC(=O)[O-])cc3)COCC2)cc1.[Na+]. The third kappa shape index (κ3) is 6.78. The molecule has 0 amide bonds. The fourth-order valence-electron chi connectivity index (χ4n) is 3.23. The van der Waals surface area contributed by atoms with Crippen molar-refractivity contribution in [2.45, 2.75) is 32.6 Å². The Balaban J connectivity index is 0.00000280. The predicted octanol–water partition coefficient (Wildman–Crippen LogP) is 0.325. The summed E-state index contributed by atoms with van der Waals surface area (Å²) in [6, 6.07) is 16.4. The van der Waals surface area contributed by atoms with Crippen LogP contribution in [0, 0.1) is 6.92 Å². The minimum Gasteiger partial charge on any atom is -0.550 e. The Morgan fingerprint density at radius 1 is 1.11 bits per heavy atom. The van der Waals surface area contributed by atoms with Crippen molar-refractivity contribution in [3.8, 4) is 5.75 Å². The molecule has 0 aromatic heterocycles. The minimum absolute atomic E-state index is 0. The number of aliphatic carboxylic acids is 1. The van der Waals surface area contributed by atoms with Crippen LogP contribution in [0.4, 0.5) is 0 Å². The maximum Gasteiger partial charge on any atom is 1.00 e. The van der Waals surface area contributed by atoms with E-state index in [1.807, 2.05) is 24.3 Å². The maximum absolute atomic E-state index is 10.5. The van der Waals surface area contributed by atoms with Gasteiger partial charge in [0.05, 0.1) is 13.2 Å².